The molecule has 1 amide bonds. The van der Waals surface area contributed by atoms with Crippen molar-refractivity contribution in [3.63, 3.8) is 0 Å². The summed E-state index contributed by atoms with van der Waals surface area (Å²) in [6.07, 6.45) is 4.08. The van der Waals surface area contributed by atoms with Crippen LogP contribution in [0.1, 0.15) is 12.8 Å². The molecule has 1 aromatic heterocycles. The van der Waals surface area contributed by atoms with E-state index in [0.717, 1.165) is 45.1 Å². The third-order valence-electron chi connectivity index (χ3n) is 5.86. The first-order chi connectivity index (χ1) is 12.5. The maximum absolute atomic E-state index is 13.4. The number of anilines is 1. The molecule has 0 spiro atoms. The fourth-order valence-electron chi connectivity index (χ4n) is 4.38. The lowest BCUT2D eigenvalue weighted by Crippen LogP contribution is -3.19. The summed E-state index contributed by atoms with van der Waals surface area (Å²) >= 11 is 0. The molecular weight excluding hydrogens is 342 g/mol. The average molecular weight is 368 g/mol. The zero-order valence-electron chi connectivity index (χ0n) is 14.8. The fourth-order valence-corrected chi connectivity index (χ4v) is 4.38. The van der Waals surface area contributed by atoms with Crippen molar-refractivity contribution in [3.05, 3.63) is 18.5 Å². The Morgan fingerprint density at radius 2 is 1.96 bits per heavy atom. The number of hydrogen-bond acceptors (Lipinski definition) is 4. The highest BCUT2D eigenvalue weighted by atomic mass is 19.3. The SMILES string of the molecule is O=C([C@@H]1C[C@H]([NH+]2CCN(c3ncccn3)CC2)C[NH2+]1)N1CCC(F)(F)C1. The van der Waals surface area contributed by atoms with Crippen LogP contribution in [-0.4, -0.2) is 84.6 Å². The van der Waals surface area contributed by atoms with Crippen LogP contribution < -0.4 is 15.1 Å². The zero-order chi connectivity index (χ0) is 18.1. The summed E-state index contributed by atoms with van der Waals surface area (Å²) in [5.41, 5.74) is 0. The molecule has 3 fully saturated rings. The van der Waals surface area contributed by atoms with Crippen LogP contribution in [0, 0.1) is 0 Å². The molecular formula is C17H26F2N6O+2. The molecule has 0 aromatic carbocycles. The van der Waals surface area contributed by atoms with Crippen molar-refractivity contribution in [2.45, 2.75) is 30.8 Å². The number of carbonyl (C=O) groups is 1. The number of aromatic nitrogens is 2. The number of halogens is 2. The summed E-state index contributed by atoms with van der Waals surface area (Å²) < 4.78 is 26.7. The third kappa shape index (κ3) is 3.64. The van der Waals surface area contributed by atoms with Crippen molar-refractivity contribution in [2.75, 3.05) is 50.7 Å². The monoisotopic (exact) mass is 368 g/mol. The Balaban J connectivity index is 1.28. The van der Waals surface area contributed by atoms with Crippen LogP contribution in [0.3, 0.4) is 0 Å². The summed E-state index contributed by atoms with van der Waals surface area (Å²) in [6.45, 7) is 4.42. The van der Waals surface area contributed by atoms with E-state index in [4.69, 9.17) is 0 Å². The van der Waals surface area contributed by atoms with Gasteiger partial charge in [0.1, 0.15) is 12.6 Å². The lowest BCUT2D eigenvalue weighted by molar-refractivity contribution is -0.930. The van der Waals surface area contributed by atoms with E-state index in [1.54, 1.807) is 12.4 Å². The van der Waals surface area contributed by atoms with Gasteiger partial charge in [-0.25, -0.2) is 18.7 Å². The van der Waals surface area contributed by atoms with Crippen molar-refractivity contribution >= 4 is 11.9 Å². The number of quaternary nitrogens is 2. The molecule has 1 aromatic rings. The number of rotatable bonds is 3. The maximum atomic E-state index is 13.4. The number of nitrogens with zero attached hydrogens (tertiary/aromatic N) is 4. The molecule has 9 heteroatoms. The summed E-state index contributed by atoms with van der Waals surface area (Å²) in [5.74, 6) is -2.05. The number of carbonyl (C=O) groups excluding carboxylic acids is 1. The minimum absolute atomic E-state index is 0.111. The van der Waals surface area contributed by atoms with E-state index < -0.39 is 12.5 Å². The molecule has 0 bridgehead atoms. The molecule has 3 aliphatic heterocycles. The van der Waals surface area contributed by atoms with Crippen LogP contribution in [0.5, 0.6) is 0 Å². The van der Waals surface area contributed by atoms with E-state index in [0.29, 0.717) is 6.04 Å². The molecule has 4 rings (SSSR count). The lowest BCUT2D eigenvalue weighted by Gasteiger charge is -2.34. The lowest BCUT2D eigenvalue weighted by atomic mass is 10.1. The van der Waals surface area contributed by atoms with Crippen LogP contribution in [0.4, 0.5) is 14.7 Å². The smallest absolute Gasteiger partial charge is 0.281 e. The highest BCUT2D eigenvalue weighted by Crippen LogP contribution is 2.27. The Hall–Kier alpha value is -1.87. The molecule has 142 valence electrons. The van der Waals surface area contributed by atoms with Gasteiger partial charge < -0.3 is 20.0 Å². The van der Waals surface area contributed by atoms with Crippen LogP contribution in [0.15, 0.2) is 18.5 Å². The highest BCUT2D eigenvalue weighted by Gasteiger charge is 2.46. The second-order valence-electron chi connectivity index (χ2n) is 7.57. The predicted molar refractivity (Wildman–Crippen MR) is 90.1 cm³/mol. The first-order valence-corrected chi connectivity index (χ1v) is 9.38. The normalized spacial score (nSPS) is 29.3. The van der Waals surface area contributed by atoms with Crippen LogP contribution >= 0.6 is 0 Å². The van der Waals surface area contributed by atoms with E-state index in [-0.39, 0.29) is 24.9 Å². The largest absolute Gasteiger partial charge is 0.331 e. The van der Waals surface area contributed by atoms with Gasteiger partial charge in [-0.1, -0.05) is 0 Å². The molecule has 0 aliphatic carbocycles. The molecule has 7 nitrogen and oxygen atoms in total. The van der Waals surface area contributed by atoms with E-state index in [1.165, 1.54) is 9.80 Å². The quantitative estimate of drug-likeness (QED) is 0.633. The van der Waals surface area contributed by atoms with Gasteiger partial charge in [-0.2, -0.15) is 0 Å². The van der Waals surface area contributed by atoms with Gasteiger partial charge in [0.25, 0.3) is 11.8 Å². The second kappa shape index (κ2) is 7.03. The number of piperazine rings is 1. The van der Waals surface area contributed by atoms with Crippen LogP contribution in [0.2, 0.25) is 0 Å². The van der Waals surface area contributed by atoms with Crippen molar-refractivity contribution in [2.24, 2.45) is 0 Å². The minimum Gasteiger partial charge on any atom is -0.331 e. The van der Waals surface area contributed by atoms with Gasteiger partial charge in [0.15, 0.2) is 6.04 Å². The standard InChI is InChI=1S/C17H24F2N6O/c18-17(19)2-5-25(12-17)15(26)14-10-13(11-22-14)23-6-8-24(9-7-23)16-20-3-1-4-21-16/h1,3-4,13-14,22H,2,5-12H2/p+2/t13-,14-/m0/s1. The van der Waals surface area contributed by atoms with Gasteiger partial charge in [0.05, 0.1) is 39.1 Å². The highest BCUT2D eigenvalue weighted by molar-refractivity contribution is 5.81. The minimum atomic E-state index is -2.71. The topological polar surface area (TPSA) is 70.4 Å². The second-order valence-corrected chi connectivity index (χ2v) is 7.57. The van der Waals surface area contributed by atoms with E-state index in [9.17, 15) is 13.6 Å². The molecule has 3 aliphatic rings. The Morgan fingerprint density at radius 1 is 1.23 bits per heavy atom. The molecule has 0 unspecified atom stereocenters. The average Bonchev–Trinajstić information content (AvgIpc) is 3.29. The zero-order valence-corrected chi connectivity index (χ0v) is 14.8. The third-order valence-corrected chi connectivity index (χ3v) is 5.86. The number of nitrogens with two attached hydrogens (primary N) is 1. The summed E-state index contributed by atoms with van der Waals surface area (Å²) in [4.78, 5) is 26.2. The Labute approximate surface area is 151 Å². The van der Waals surface area contributed by atoms with Crippen molar-refractivity contribution in [1.82, 2.24) is 14.9 Å². The molecule has 3 saturated heterocycles. The first kappa shape index (κ1) is 17.5. The van der Waals surface area contributed by atoms with Crippen molar-refractivity contribution < 1.29 is 23.8 Å². The molecule has 4 heterocycles. The van der Waals surface area contributed by atoms with Gasteiger partial charge in [-0.15, -0.1) is 0 Å². The number of alkyl halides is 2. The first-order valence-electron chi connectivity index (χ1n) is 9.38. The van der Waals surface area contributed by atoms with Gasteiger partial charge in [0.2, 0.25) is 5.95 Å². The van der Waals surface area contributed by atoms with Crippen LogP contribution in [0.25, 0.3) is 0 Å². The summed E-state index contributed by atoms with van der Waals surface area (Å²) in [5, 5.41) is 2.04. The molecule has 2 atom stereocenters. The molecule has 0 radical (unpaired) electrons. The van der Waals surface area contributed by atoms with Crippen molar-refractivity contribution in [3.8, 4) is 0 Å². The number of amides is 1. The van der Waals surface area contributed by atoms with Crippen LogP contribution in [-0.2, 0) is 4.79 Å². The van der Waals surface area contributed by atoms with E-state index >= 15 is 0 Å². The summed E-state index contributed by atoms with van der Waals surface area (Å²) in [6, 6.07) is 2.02. The Bertz CT molecular complexity index is 637. The molecule has 3 N–H and O–H groups in total. The fraction of sp³-hybridized carbons (Fsp3) is 0.706. The van der Waals surface area contributed by atoms with Gasteiger partial charge in [0, 0.05) is 25.4 Å². The van der Waals surface area contributed by atoms with Crippen molar-refractivity contribution in [1.29, 1.82) is 0 Å². The summed E-state index contributed by atoms with van der Waals surface area (Å²) in [7, 11) is 0. The molecule has 26 heavy (non-hydrogen) atoms. The van der Waals surface area contributed by atoms with Gasteiger partial charge in [-0.3, -0.25) is 4.79 Å². The molecule has 0 saturated carbocycles. The van der Waals surface area contributed by atoms with Gasteiger partial charge in [-0.05, 0) is 6.07 Å². The van der Waals surface area contributed by atoms with Gasteiger partial charge >= 0.3 is 0 Å². The maximum Gasteiger partial charge on any atom is 0.281 e. The number of hydrogen-bond donors (Lipinski definition) is 2. The Morgan fingerprint density at radius 3 is 2.62 bits per heavy atom. The number of nitrogens with one attached hydrogen (secondary N) is 1. The number of likely N-dealkylation sites (tertiary alicyclic amines) is 1. The Kier molecular flexibility index (Phi) is 4.74. The predicted octanol–water partition coefficient (Wildman–Crippen LogP) is -2.25. The van der Waals surface area contributed by atoms with E-state index in [1.807, 2.05) is 11.4 Å². The van der Waals surface area contributed by atoms with E-state index in [2.05, 4.69) is 14.9 Å².